The third-order valence-electron chi connectivity index (χ3n) is 16.0. The van der Waals surface area contributed by atoms with Gasteiger partial charge in [0.2, 0.25) is 11.4 Å². The second-order valence-electron chi connectivity index (χ2n) is 23.4. The Morgan fingerprint density at radius 2 is 0.560 bits per heavy atom. The molecule has 1 aliphatic heterocycles. The summed E-state index contributed by atoms with van der Waals surface area (Å²) < 4.78 is 1.56. The third-order valence-corrected chi connectivity index (χ3v) is 17.4. The smallest absolute Gasteiger partial charge is 0.493 e. The Morgan fingerprint density at radius 1 is 0.293 bits per heavy atom. The normalized spacial score (nSPS) is 12.6. The molecule has 0 N–H and O–H groups in total. The van der Waals surface area contributed by atoms with E-state index in [1.165, 1.54) is 307 Å². The molecule has 0 saturated carbocycles. The Morgan fingerprint density at radius 3 is 0.893 bits per heavy atom. The summed E-state index contributed by atoms with van der Waals surface area (Å²) in [4.78, 5) is 0. The van der Waals surface area contributed by atoms with E-state index in [1.807, 2.05) is 14.4 Å². The fourth-order valence-corrected chi connectivity index (χ4v) is 12.3. The number of nitrogens with zero attached hydrogens (tertiary/aromatic N) is 2. The van der Waals surface area contributed by atoms with Crippen molar-refractivity contribution in [3.05, 3.63) is 87.0 Å². The minimum atomic E-state index is 0.959. The Bertz CT molecular complexity index is 1610. The molecule has 0 bridgehead atoms. The Labute approximate surface area is 475 Å². The number of hydrogen-bond donors (Lipinski definition) is 0. The van der Waals surface area contributed by atoms with Gasteiger partial charge in [-0.2, -0.15) is 0 Å². The molecular formula is C72H126N2Ni. The quantitative estimate of drug-likeness (QED) is 0.0358. The van der Waals surface area contributed by atoms with Crippen molar-refractivity contribution in [2.45, 2.75) is 361 Å². The molecule has 434 valence electrons. The van der Waals surface area contributed by atoms with Gasteiger partial charge in [-0.15, -0.1) is 0 Å². The maximum absolute atomic E-state index is 12.0. The number of unbranched alkanes of at least 4 members (excludes halogenated alkanes) is 35. The second-order valence-corrected chi connectivity index (χ2v) is 24.9. The summed E-state index contributed by atoms with van der Waals surface area (Å²) in [5, 5.41) is 2.87. The molecule has 0 spiro atoms. The molecule has 2 nitrogen and oxygen atoms in total. The van der Waals surface area contributed by atoms with Crippen LogP contribution in [0.5, 0.6) is 0 Å². The van der Waals surface area contributed by atoms with Crippen molar-refractivity contribution in [2.75, 3.05) is 0 Å². The zero-order valence-electron chi connectivity index (χ0n) is 51.4. The van der Waals surface area contributed by atoms with Gasteiger partial charge < -0.3 is 5.53 Å². The number of allylic oxidation sites excluding steroid dienone is 2. The van der Waals surface area contributed by atoms with E-state index in [4.69, 9.17) is 0 Å². The molecule has 0 amide bonds. The molecule has 2 aromatic carbocycles. The first-order chi connectivity index (χ1) is 37.0. The molecule has 0 atom stereocenters. The molecule has 0 aliphatic carbocycles. The van der Waals surface area contributed by atoms with Gasteiger partial charge in [-0.05, 0) is 111 Å². The van der Waals surface area contributed by atoms with Crippen LogP contribution in [0.25, 0.3) is 16.9 Å². The van der Waals surface area contributed by atoms with Gasteiger partial charge in [0.05, 0.1) is 0 Å². The zero-order valence-corrected chi connectivity index (χ0v) is 52.4. The van der Waals surface area contributed by atoms with E-state index in [0.29, 0.717) is 0 Å². The van der Waals surface area contributed by atoms with Crippen LogP contribution in [0.3, 0.4) is 0 Å². The van der Waals surface area contributed by atoms with Crippen molar-refractivity contribution < 1.29 is 19.1 Å². The third kappa shape index (κ3) is 35.3. The fourth-order valence-electron chi connectivity index (χ4n) is 11.1. The maximum atomic E-state index is 12.0. The van der Waals surface area contributed by atoms with Crippen LogP contribution >= 0.6 is 0 Å². The minimum absolute atomic E-state index is 0.959. The summed E-state index contributed by atoms with van der Waals surface area (Å²) in [6, 6.07) is 14.4. The Balaban J connectivity index is 0.000000549. The predicted molar refractivity (Wildman–Crippen MR) is 334 cm³/mol. The van der Waals surface area contributed by atoms with Gasteiger partial charge in [0, 0.05) is 22.8 Å². The molecule has 2 aromatic rings. The standard InChI is InChI=1S/C42H64N2.2C15H31.Ni/c1-6-11-16-20-24-34-27-35(25-21-17-12-7-2)30-39(29-34)41-33-38(26-15-10-5)42(44(41)43)40-31-36(22-18-13-8-3)28-37(32-40)23-19-14-9-4;2*1-3-5-7-9-11-13-15-14-12-10-8-6-4-2;/h27-33H,6-26H2,1-5H3;2*1,3-15H2,2H3;. The molecule has 0 saturated heterocycles. The van der Waals surface area contributed by atoms with Crippen LogP contribution in [0.1, 0.15) is 358 Å². The van der Waals surface area contributed by atoms with E-state index in [9.17, 15) is 5.53 Å². The van der Waals surface area contributed by atoms with Crippen LogP contribution < -0.4 is 0 Å². The average molecular weight is 1080 g/mol. The number of rotatable bonds is 51. The van der Waals surface area contributed by atoms with E-state index in [0.717, 1.165) is 56.3 Å². The summed E-state index contributed by atoms with van der Waals surface area (Å²) in [5.74, 6) is 0. The van der Waals surface area contributed by atoms with E-state index >= 15 is 0 Å². The van der Waals surface area contributed by atoms with E-state index < -0.39 is 0 Å². The van der Waals surface area contributed by atoms with Gasteiger partial charge in [-0.3, -0.25) is 0 Å². The molecule has 0 unspecified atom stereocenters. The summed E-state index contributed by atoms with van der Waals surface area (Å²) >= 11 is 2.04. The first-order valence-corrected chi connectivity index (χ1v) is 35.0. The van der Waals surface area contributed by atoms with Crippen molar-refractivity contribution in [2.24, 2.45) is 0 Å². The van der Waals surface area contributed by atoms with Gasteiger partial charge >= 0.3 is 166 Å². The van der Waals surface area contributed by atoms with Crippen LogP contribution in [0.2, 0.25) is 10.8 Å². The molecule has 3 heteroatoms. The molecule has 0 radical (unpaired) electrons. The second kappa shape index (κ2) is 50.2. The summed E-state index contributed by atoms with van der Waals surface area (Å²) in [5.41, 5.74) is 23.4. The van der Waals surface area contributed by atoms with Crippen LogP contribution in [-0.4, -0.2) is 4.70 Å². The SMILES string of the molecule is CCCCCCCCCCCCCC[CH2][Ni][CH2]CCCCCCCCCCCCCC.CCCCCCc1cc(CCCCCC)cc(C2=CC(CCCC)=C(c3cc(CCCCC)cc(CCCCC)c3)[N+]2=[N-])c1. The first-order valence-electron chi connectivity index (χ1n) is 33.6. The number of benzene rings is 2. The van der Waals surface area contributed by atoms with Crippen LogP contribution in [0.15, 0.2) is 48.0 Å². The van der Waals surface area contributed by atoms with Gasteiger partial charge in [-0.1, -0.05) is 157 Å². The molecule has 0 aromatic heterocycles. The molecule has 1 heterocycles. The number of aryl methyl sites for hydroxylation is 4. The van der Waals surface area contributed by atoms with Gasteiger partial charge in [-0.25, -0.2) is 4.70 Å². The molecule has 0 fully saturated rings. The van der Waals surface area contributed by atoms with Crippen molar-refractivity contribution in [3.63, 3.8) is 0 Å². The number of hydrogen-bond acceptors (Lipinski definition) is 0. The summed E-state index contributed by atoms with van der Waals surface area (Å²) in [7, 11) is 0. The minimum Gasteiger partial charge on any atom is -0.493 e. The van der Waals surface area contributed by atoms with Crippen molar-refractivity contribution in [1.29, 1.82) is 0 Å². The van der Waals surface area contributed by atoms with E-state index in [-0.39, 0.29) is 0 Å². The van der Waals surface area contributed by atoms with Gasteiger partial charge in [0.15, 0.2) is 0 Å². The van der Waals surface area contributed by atoms with E-state index in [1.54, 1.807) is 4.70 Å². The summed E-state index contributed by atoms with van der Waals surface area (Å²) in [6.45, 7) is 16.0. The van der Waals surface area contributed by atoms with E-state index in [2.05, 4.69) is 90.9 Å². The molecule has 1 aliphatic rings. The van der Waals surface area contributed by atoms with Crippen LogP contribution in [0.4, 0.5) is 0 Å². The predicted octanol–water partition coefficient (Wildman–Crippen LogP) is 25.5. The monoisotopic (exact) mass is 1080 g/mol. The van der Waals surface area contributed by atoms with Gasteiger partial charge in [0.25, 0.3) is 0 Å². The molecular weight excluding hydrogens is 951 g/mol. The van der Waals surface area contributed by atoms with Gasteiger partial charge in [0.1, 0.15) is 0 Å². The Kier molecular flexibility index (Phi) is 46.3. The first kappa shape index (κ1) is 69.1. The zero-order chi connectivity index (χ0) is 54.1. The van der Waals surface area contributed by atoms with Crippen LogP contribution in [0, 0.1) is 0 Å². The van der Waals surface area contributed by atoms with Crippen LogP contribution in [-0.2, 0) is 40.1 Å². The fraction of sp³-hybridized carbons (Fsp3) is 0.778. The van der Waals surface area contributed by atoms with Crippen molar-refractivity contribution in [1.82, 2.24) is 0 Å². The average Bonchev–Trinajstić information content (AvgIpc) is 3.75. The van der Waals surface area contributed by atoms with Crippen molar-refractivity contribution >= 4 is 11.4 Å². The molecule has 75 heavy (non-hydrogen) atoms. The summed E-state index contributed by atoms with van der Waals surface area (Å²) in [6.07, 6.45) is 66.0. The topological polar surface area (TPSA) is 25.3 Å². The Hall–Kier alpha value is -1.99. The van der Waals surface area contributed by atoms with Crippen molar-refractivity contribution in [3.8, 4) is 0 Å². The molecule has 3 rings (SSSR count).